The van der Waals surface area contributed by atoms with Crippen LogP contribution in [0.4, 0.5) is 5.13 Å². The lowest BCUT2D eigenvalue weighted by atomic mass is 10.3. The molecular weight excluding hydrogens is 445 g/mol. The standard InChI is InChI=1S/C21H24ClN3O3S.ClH/c1-24(2)12-5-13-25(19(26)14-28-16-10-8-15(22)9-11-16)21-23-20-17(27-3)6-4-7-18(20)29-21;/h4,6-11H,5,12-14H2,1-3H3;1H. The molecule has 0 unspecified atom stereocenters. The summed E-state index contributed by atoms with van der Waals surface area (Å²) in [5, 5.41) is 1.27. The number of carbonyl (C=O) groups is 1. The minimum Gasteiger partial charge on any atom is -0.494 e. The Kier molecular flexibility index (Phi) is 9.17. The molecule has 30 heavy (non-hydrogen) atoms. The smallest absolute Gasteiger partial charge is 0.266 e. The normalized spacial score (nSPS) is 10.7. The van der Waals surface area contributed by atoms with Crippen LogP contribution in [0.3, 0.4) is 0 Å². The third-order valence-electron chi connectivity index (χ3n) is 4.29. The first-order valence-electron chi connectivity index (χ1n) is 9.25. The van der Waals surface area contributed by atoms with E-state index in [9.17, 15) is 4.79 Å². The van der Waals surface area contributed by atoms with Gasteiger partial charge in [0, 0.05) is 11.6 Å². The Hall–Kier alpha value is -2.06. The maximum absolute atomic E-state index is 13.0. The summed E-state index contributed by atoms with van der Waals surface area (Å²) in [7, 11) is 5.64. The number of para-hydroxylation sites is 1. The van der Waals surface area contributed by atoms with Gasteiger partial charge in [-0.2, -0.15) is 0 Å². The number of aromatic nitrogens is 1. The molecule has 0 fully saturated rings. The fraction of sp³-hybridized carbons (Fsp3) is 0.333. The van der Waals surface area contributed by atoms with Crippen LogP contribution < -0.4 is 14.4 Å². The lowest BCUT2D eigenvalue weighted by molar-refractivity contribution is -0.120. The number of carbonyl (C=O) groups excluding carboxylic acids is 1. The summed E-state index contributed by atoms with van der Waals surface area (Å²) in [5.41, 5.74) is 0.763. The summed E-state index contributed by atoms with van der Waals surface area (Å²) < 4.78 is 12.0. The second-order valence-corrected chi connectivity index (χ2v) is 8.19. The van der Waals surface area contributed by atoms with Gasteiger partial charge >= 0.3 is 0 Å². The number of rotatable bonds is 9. The van der Waals surface area contributed by atoms with E-state index < -0.39 is 0 Å². The van der Waals surface area contributed by atoms with Crippen molar-refractivity contribution < 1.29 is 14.3 Å². The molecule has 2 aromatic carbocycles. The molecule has 6 nitrogen and oxygen atoms in total. The molecule has 0 saturated carbocycles. The molecule has 0 spiro atoms. The van der Waals surface area contributed by atoms with Crippen molar-refractivity contribution in [3.63, 3.8) is 0 Å². The Bertz CT molecular complexity index is 964. The maximum atomic E-state index is 13.0. The third-order valence-corrected chi connectivity index (χ3v) is 5.58. The molecule has 9 heteroatoms. The van der Waals surface area contributed by atoms with E-state index in [4.69, 9.17) is 21.1 Å². The predicted octanol–water partition coefficient (Wildman–Crippen LogP) is 4.74. The van der Waals surface area contributed by atoms with E-state index in [0.29, 0.717) is 28.2 Å². The van der Waals surface area contributed by atoms with Crippen molar-refractivity contribution in [3.8, 4) is 11.5 Å². The van der Waals surface area contributed by atoms with Crippen LogP contribution in [0.5, 0.6) is 11.5 Å². The van der Waals surface area contributed by atoms with Crippen molar-refractivity contribution in [2.45, 2.75) is 6.42 Å². The number of methoxy groups -OCH3 is 1. The largest absolute Gasteiger partial charge is 0.494 e. The van der Waals surface area contributed by atoms with E-state index in [1.165, 1.54) is 11.3 Å². The Morgan fingerprint density at radius 3 is 2.53 bits per heavy atom. The zero-order valence-electron chi connectivity index (χ0n) is 17.1. The molecule has 0 radical (unpaired) electrons. The SMILES string of the molecule is COc1cccc2sc(N(CCCN(C)C)C(=O)COc3ccc(Cl)cc3)nc12.Cl. The Morgan fingerprint density at radius 2 is 1.87 bits per heavy atom. The number of nitrogens with zero attached hydrogens (tertiary/aromatic N) is 3. The minimum absolute atomic E-state index is 0. The van der Waals surface area contributed by atoms with E-state index in [1.54, 1.807) is 36.3 Å². The topological polar surface area (TPSA) is 54.9 Å². The summed E-state index contributed by atoms with van der Waals surface area (Å²) in [6.45, 7) is 1.36. The predicted molar refractivity (Wildman–Crippen MR) is 126 cm³/mol. The van der Waals surface area contributed by atoms with Gasteiger partial charge in [-0.1, -0.05) is 29.0 Å². The fourth-order valence-corrected chi connectivity index (χ4v) is 3.97. The molecule has 0 aliphatic heterocycles. The van der Waals surface area contributed by atoms with Gasteiger partial charge in [-0.3, -0.25) is 9.69 Å². The van der Waals surface area contributed by atoms with Crippen molar-refractivity contribution in [1.82, 2.24) is 9.88 Å². The van der Waals surface area contributed by atoms with Crippen LogP contribution in [0.15, 0.2) is 42.5 Å². The monoisotopic (exact) mass is 469 g/mol. The van der Waals surface area contributed by atoms with E-state index in [1.807, 2.05) is 32.3 Å². The molecule has 0 bridgehead atoms. The van der Waals surface area contributed by atoms with Gasteiger partial charge in [-0.25, -0.2) is 4.98 Å². The highest BCUT2D eigenvalue weighted by molar-refractivity contribution is 7.22. The van der Waals surface area contributed by atoms with Crippen molar-refractivity contribution >= 4 is 56.6 Å². The first-order valence-corrected chi connectivity index (χ1v) is 10.4. The molecule has 3 rings (SSSR count). The molecule has 0 aliphatic carbocycles. The highest BCUT2D eigenvalue weighted by atomic mass is 35.5. The van der Waals surface area contributed by atoms with Crippen molar-refractivity contribution in [1.29, 1.82) is 0 Å². The van der Waals surface area contributed by atoms with E-state index in [-0.39, 0.29) is 24.9 Å². The van der Waals surface area contributed by atoms with E-state index in [2.05, 4.69) is 9.88 Å². The van der Waals surface area contributed by atoms with Gasteiger partial charge in [-0.15, -0.1) is 12.4 Å². The molecular formula is C21H25Cl2N3O3S. The minimum atomic E-state index is -0.142. The Morgan fingerprint density at radius 1 is 1.13 bits per heavy atom. The number of benzene rings is 2. The van der Waals surface area contributed by atoms with E-state index >= 15 is 0 Å². The number of thiazole rings is 1. The van der Waals surface area contributed by atoms with Gasteiger partial charge in [0.1, 0.15) is 17.0 Å². The van der Waals surface area contributed by atoms with Crippen LogP contribution in [0.1, 0.15) is 6.42 Å². The van der Waals surface area contributed by atoms with Crippen molar-refractivity contribution in [2.24, 2.45) is 0 Å². The van der Waals surface area contributed by atoms with Crippen LogP contribution >= 0.6 is 35.3 Å². The molecule has 0 aliphatic rings. The molecule has 0 N–H and O–H groups in total. The number of fused-ring (bicyclic) bond motifs is 1. The quantitative estimate of drug-likeness (QED) is 0.452. The van der Waals surface area contributed by atoms with Crippen molar-refractivity contribution in [3.05, 3.63) is 47.5 Å². The van der Waals surface area contributed by atoms with Gasteiger partial charge in [0.05, 0.1) is 11.8 Å². The molecule has 0 atom stereocenters. The van der Waals surface area contributed by atoms with Gasteiger partial charge in [0.25, 0.3) is 5.91 Å². The lowest BCUT2D eigenvalue weighted by Crippen LogP contribution is -2.36. The van der Waals surface area contributed by atoms with Crippen LogP contribution in [0.2, 0.25) is 5.02 Å². The van der Waals surface area contributed by atoms with Crippen LogP contribution in [-0.2, 0) is 4.79 Å². The third kappa shape index (κ3) is 6.22. The highest BCUT2D eigenvalue weighted by Gasteiger charge is 2.21. The van der Waals surface area contributed by atoms with Gasteiger partial charge in [0.15, 0.2) is 11.7 Å². The number of halogens is 2. The fourth-order valence-electron chi connectivity index (χ4n) is 2.82. The zero-order valence-corrected chi connectivity index (χ0v) is 19.5. The van der Waals surface area contributed by atoms with Gasteiger partial charge < -0.3 is 14.4 Å². The zero-order chi connectivity index (χ0) is 20.8. The molecule has 3 aromatic rings. The summed E-state index contributed by atoms with van der Waals surface area (Å²) in [6.07, 6.45) is 0.826. The summed E-state index contributed by atoms with van der Waals surface area (Å²) >= 11 is 7.37. The van der Waals surface area contributed by atoms with Crippen molar-refractivity contribution in [2.75, 3.05) is 45.8 Å². The number of hydrogen-bond donors (Lipinski definition) is 0. The van der Waals surface area contributed by atoms with Crippen LogP contribution in [0, 0.1) is 0 Å². The maximum Gasteiger partial charge on any atom is 0.266 e. The highest BCUT2D eigenvalue weighted by Crippen LogP contribution is 2.34. The summed E-state index contributed by atoms with van der Waals surface area (Å²) in [6, 6.07) is 12.7. The van der Waals surface area contributed by atoms with Crippen LogP contribution in [-0.4, -0.2) is 56.7 Å². The second-order valence-electron chi connectivity index (χ2n) is 6.75. The number of ether oxygens (including phenoxy) is 2. The first-order chi connectivity index (χ1) is 14.0. The van der Waals surface area contributed by atoms with Gasteiger partial charge in [0.2, 0.25) is 0 Å². The summed E-state index contributed by atoms with van der Waals surface area (Å²) in [5.74, 6) is 1.15. The van der Waals surface area contributed by atoms with Crippen LogP contribution in [0.25, 0.3) is 10.2 Å². The molecule has 1 amide bonds. The molecule has 0 saturated heterocycles. The lowest BCUT2D eigenvalue weighted by Gasteiger charge is -2.21. The second kappa shape index (κ2) is 11.4. The molecule has 1 aromatic heterocycles. The number of hydrogen-bond acceptors (Lipinski definition) is 6. The Labute approximate surface area is 191 Å². The first kappa shape index (κ1) is 24.2. The molecule has 1 heterocycles. The number of anilines is 1. The average molecular weight is 470 g/mol. The van der Waals surface area contributed by atoms with Gasteiger partial charge in [-0.05, 0) is 63.5 Å². The average Bonchev–Trinajstić information content (AvgIpc) is 3.14. The molecule has 162 valence electrons. The Balaban J connectivity index is 0.00000320. The summed E-state index contributed by atoms with van der Waals surface area (Å²) in [4.78, 5) is 21.5. The number of amides is 1. The van der Waals surface area contributed by atoms with E-state index in [0.717, 1.165) is 23.2 Å².